The van der Waals surface area contributed by atoms with Gasteiger partial charge in [-0.3, -0.25) is 4.79 Å². The van der Waals surface area contributed by atoms with Gasteiger partial charge in [0.2, 0.25) is 0 Å². The quantitative estimate of drug-likeness (QED) is 0.755. The first-order chi connectivity index (χ1) is 12.1. The Morgan fingerprint density at radius 1 is 1.36 bits per heavy atom. The molecule has 0 amide bonds. The minimum atomic E-state index is -0.893. The van der Waals surface area contributed by atoms with Crippen molar-refractivity contribution in [3.8, 4) is 11.4 Å². The van der Waals surface area contributed by atoms with Crippen molar-refractivity contribution in [2.45, 2.75) is 25.7 Å². The lowest BCUT2D eigenvalue weighted by atomic mass is 10.1. The number of methoxy groups -OCH3 is 1. The van der Waals surface area contributed by atoms with Gasteiger partial charge in [0.15, 0.2) is 5.82 Å². The van der Waals surface area contributed by atoms with Gasteiger partial charge in [0, 0.05) is 23.0 Å². The predicted molar refractivity (Wildman–Crippen MR) is 93.2 cm³/mol. The van der Waals surface area contributed by atoms with Crippen LogP contribution in [0.3, 0.4) is 0 Å². The molecule has 128 valence electrons. The molecular weight excluding hydrogens is 320 g/mol. The van der Waals surface area contributed by atoms with E-state index in [1.54, 1.807) is 13.2 Å². The zero-order chi connectivity index (χ0) is 17.6. The second kappa shape index (κ2) is 5.77. The topological polar surface area (TPSA) is 103 Å². The van der Waals surface area contributed by atoms with Crippen LogP contribution in [0.4, 0.5) is 5.82 Å². The van der Waals surface area contributed by atoms with Crippen molar-refractivity contribution >= 4 is 22.8 Å². The van der Waals surface area contributed by atoms with Crippen molar-refractivity contribution < 1.29 is 14.6 Å². The van der Waals surface area contributed by atoms with Crippen LogP contribution in [0.5, 0.6) is 5.75 Å². The number of anilines is 1. The summed E-state index contributed by atoms with van der Waals surface area (Å²) in [6.45, 7) is 0. The van der Waals surface area contributed by atoms with E-state index < -0.39 is 5.97 Å². The zero-order valence-electron chi connectivity index (χ0n) is 13.8. The van der Waals surface area contributed by atoms with Crippen molar-refractivity contribution in [1.82, 2.24) is 14.5 Å². The van der Waals surface area contributed by atoms with Crippen molar-refractivity contribution in [1.29, 1.82) is 0 Å². The summed E-state index contributed by atoms with van der Waals surface area (Å²) in [5, 5.41) is 9.05. The maximum atomic E-state index is 11.0. The smallest absolute Gasteiger partial charge is 0.307 e. The first kappa shape index (κ1) is 15.4. The lowest BCUT2D eigenvalue weighted by Gasteiger charge is -2.14. The van der Waals surface area contributed by atoms with Crippen LogP contribution in [-0.2, 0) is 24.1 Å². The van der Waals surface area contributed by atoms with Crippen LogP contribution in [0.2, 0.25) is 0 Å². The van der Waals surface area contributed by atoms with E-state index in [-0.39, 0.29) is 6.42 Å². The third-order valence-electron chi connectivity index (χ3n) is 4.69. The molecule has 1 aliphatic rings. The Morgan fingerprint density at radius 3 is 2.96 bits per heavy atom. The number of aryl methyl sites for hydroxylation is 1. The summed E-state index contributed by atoms with van der Waals surface area (Å²) in [5.41, 5.74) is 11.8. The molecule has 0 spiro atoms. The third-order valence-corrected chi connectivity index (χ3v) is 4.69. The standard InChI is InChI=1S/C18H18N4O3/c1-25-14-8-11(6-5-10(14)7-15(23)24)22-13-4-2-3-12(13)16-17(22)18(19)21-9-20-16/h5-6,8-9H,2-4,7H2,1H3,(H,23,24)(H2,19,20,21). The van der Waals surface area contributed by atoms with E-state index in [0.717, 1.165) is 36.0 Å². The molecule has 3 aromatic rings. The molecule has 0 aliphatic heterocycles. The van der Waals surface area contributed by atoms with Gasteiger partial charge in [-0.2, -0.15) is 0 Å². The molecule has 0 radical (unpaired) electrons. The molecular formula is C18H18N4O3. The van der Waals surface area contributed by atoms with Crippen LogP contribution in [0.1, 0.15) is 23.2 Å². The fraction of sp³-hybridized carbons (Fsp3) is 0.278. The van der Waals surface area contributed by atoms with Crippen molar-refractivity contribution in [2.75, 3.05) is 12.8 Å². The summed E-state index contributed by atoms with van der Waals surface area (Å²) in [6, 6.07) is 5.53. The highest BCUT2D eigenvalue weighted by Gasteiger charge is 2.25. The van der Waals surface area contributed by atoms with Gasteiger partial charge in [0.05, 0.1) is 19.0 Å². The van der Waals surface area contributed by atoms with Crippen LogP contribution in [0.25, 0.3) is 16.7 Å². The minimum Gasteiger partial charge on any atom is -0.496 e. The molecule has 0 unspecified atom stereocenters. The normalized spacial score (nSPS) is 13.2. The highest BCUT2D eigenvalue weighted by Crippen LogP contribution is 2.37. The molecule has 0 bridgehead atoms. The Bertz CT molecular complexity index is 994. The van der Waals surface area contributed by atoms with Gasteiger partial charge >= 0.3 is 5.97 Å². The van der Waals surface area contributed by atoms with Crippen LogP contribution < -0.4 is 10.5 Å². The fourth-order valence-electron chi connectivity index (χ4n) is 3.66. The molecule has 7 nitrogen and oxygen atoms in total. The van der Waals surface area contributed by atoms with Gasteiger partial charge in [-0.05, 0) is 30.9 Å². The average Bonchev–Trinajstić information content (AvgIpc) is 3.16. The SMILES string of the molecule is COc1cc(-n2c3c(c4ncnc(N)c42)CCC3)ccc1CC(=O)O. The summed E-state index contributed by atoms with van der Waals surface area (Å²) in [4.78, 5) is 19.6. The molecule has 3 N–H and O–H groups in total. The lowest BCUT2D eigenvalue weighted by molar-refractivity contribution is -0.136. The lowest BCUT2D eigenvalue weighted by Crippen LogP contribution is -2.06. The maximum Gasteiger partial charge on any atom is 0.307 e. The average molecular weight is 338 g/mol. The Hall–Kier alpha value is -3.09. The second-order valence-electron chi connectivity index (χ2n) is 6.14. The van der Waals surface area contributed by atoms with Crippen LogP contribution in [0, 0.1) is 0 Å². The monoisotopic (exact) mass is 338 g/mol. The number of carboxylic acid groups (broad SMARTS) is 1. The number of nitrogen functional groups attached to an aromatic ring is 1. The number of aromatic nitrogens is 3. The van der Waals surface area contributed by atoms with Crippen LogP contribution in [-0.4, -0.2) is 32.7 Å². The van der Waals surface area contributed by atoms with Crippen molar-refractivity contribution in [3.05, 3.63) is 41.3 Å². The maximum absolute atomic E-state index is 11.0. The Labute approximate surface area is 144 Å². The zero-order valence-corrected chi connectivity index (χ0v) is 13.8. The number of benzene rings is 1. The molecule has 2 heterocycles. The molecule has 0 fully saturated rings. The van der Waals surface area contributed by atoms with E-state index >= 15 is 0 Å². The van der Waals surface area contributed by atoms with Crippen LogP contribution in [0.15, 0.2) is 24.5 Å². The molecule has 0 saturated heterocycles. The fourth-order valence-corrected chi connectivity index (χ4v) is 3.66. The Morgan fingerprint density at radius 2 is 2.20 bits per heavy atom. The number of hydrogen-bond acceptors (Lipinski definition) is 5. The Kier molecular flexibility index (Phi) is 3.56. The van der Waals surface area contributed by atoms with Gasteiger partial charge in [0.1, 0.15) is 17.6 Å². The highest BCUT2D eigenvalue weighted by atomic mass is 16.5. The summed E-state index contributed by atoms with van der Waals surface area (Å²) in [5.74, 6) is 0.0906. The molecule has 25 heavy (non-hydrogen) atoms. The van der Waals surface area contributed by atoms with Gasteiger partial charge in [-0.25, -0.2) is 9.97 Å². The summed E-state index contributed by atoms with van der Waals surface area (Å²) in [7, 11) is 1.54. The molecule has 2 aromatic heterocycles. The van der Waals surface area contributed by atoms with E-state index in [0.29, 0.717) is 17.1 Å². The van der Waals surface area contributed by atoms with Crippen molar-refractivity contribution in [2.24, 2.45) is 0 Å². The van der Waals surface area contributed by atoms with Gasteiger partial charge in [-0.1, -0.05) is 6.07 Å². The number of rotatable bonds is 4. The van der Waals surface area contributed by atoms with E-state index in [2.05, 4.69) is 14.5 Å². The molecule has 1 aliphatic carbocycles. The third kappa shape index (κ3) is 2.39. The van der Waals surface area contributed by atoms with E-state index in [1.807, 2.05) is 12.1 Å². The predicted octanol–water partition coefficient (Wildman–Crippen LogP) is 2.13. The Balaban J connectivity index is 1.95. The summed E-state index contributed by atoms with van der Waals surface area (Å²) in [6.07, 6.45) is 4.42. The number of aliphatic carboxylic acids is 1. The van der Waals surface area contributed by atoms with Gasteiger partial charge < -0.3 is 20.1 Å². The largest absolute Gasteiger partial charge is 0.496 e. The number of carboxylic acids is 1. The summed E-state index contributed by atoms with van der Waals surface area (Å²) >= 11 is 0. The first-order valence-corrected chi connectivity index (χ1v) is 8.12. The summed E-state index contributed by atoms with van der Waals surface area (Å²) < 4.78 is 7.49. The van der Waals surface area contributed by atoms with E-state index in [9.17, 15) is 4.79 Å². The second-order valence-corrected chi connectivity index (χ2v) is 6.14. The highest BCUT2D eigenvalue weighted by molar-refractivity contribution is 5.91. The molecule has 4 rings (SSSR count). The van der Waals surface area contributed by atoms with E-state index in [1.165, 1.54) is 17.6 Å². The number of ether oxygens (including phenoxy) is 1. The van der Waals surface area contributed by atoms with E-state index in [4.69, 9.17) is 15.6 Å². The van der Waals surface area contributed by atoms with Crippen LogP contribution >= 0.6 is 0 Å². The molecule has 0 saturated carbocycles. The first-order valence-electron chi connectivity index (χ1n) is 8.12. The number of nitrogens with zero attached hydrogens (tertiary/aromatic N) is 3. The molecule has 1 aromatic carbocycles. The van der Waals surface area contributed by atoms with Gasteiger partial charge in [0.25, 0.3) is 0 Å². The number of fused-ring (bicyclic) bond motifs is 3. The molecule has 7 heteroatoms. The van der Waals surface area contributed by atoms with Crippen molar-refractivity contribution in [3.63, 3.8) is 0 Å². The number of nitrogens with two attached hydrogens (primary N) is 1. The number of carbonyl (C=O) groups is 1. The van der Waals surface area contributed by atoms with Gasteiger partial charge in [-0.15, -0.1) is 0 Å². The molecule has 0 atom stereocenters. The minimum absolute atomic E-state index is 0.0841. The number of hydrogen-bond donors (Lipinski definition) is 2.